The number of phenols is 1. The largest absolute Gasteiger partial charge is 0.504 e. The number of allylic oxidation sites excluding steroid dienone is 2. The first kappa shape index (κ1) is 30.3. The van der Waals surface area contributed by atoms with E-state index in [0.717, 1.165) is 55.4 Å². The second kappa shape index (κ2) is 12.7. The third kappa shape index (κ3) is 5.77. The van der Waals surface area contributed by atoms with Crippen molar-refractivity contribution in [3.05, 3.63) is 62.5 Å². The predicted molar refractivity (Wildman–Crippen MR) is 174 cm³/mol. The summed E-state index contributed by atoms with van der Waals surface area (Å²) in [4.78, 5) is 34.0. The van der Waals surface area contributed by atoms with Crippen molar-refractivity contribution in [2.75, 3.05) is 13.7 Å². The lowest BCUT2D eigenvalue weighted by Crippen LogP contribution is -2.42. The van der Waals surface area contributed by atoms with Crippen molar-refractivity contribution < 1.29 is 24.2 Å². The molecule has 1 saturated carbocycles. The number of pyridine rings is 1. The number of amides is 2. The Morgan fingerprint density at radius 2 is 1.95 bits per heavy atom. The zero-order valence-corrected chi connectivity index (χ0v) is 27.4. The number of carbonyl (C=O) groups excluding carboxylic acids is 2. The maximum absolute atomic E-state index is 13.9. The summed E-state index contributed by atoms with van der Waals surface area (Å²) in [6, 6.07) is 9.75. The SMILES string of the molecule is COc1cc(/C=C(/CC[C@H]2OC[C@H]3C2=C(C(C)C)C[C@H]2C(=O)N(C4CCCCC4)C(=O)[C@H]23)c2ccccn2)cc(I)c1O. The Bertz CT molecular complexity index is 1450. The molecule has 1 N–H and O–H groups in total. The molecule has 7 nitrogen and oxygen atoms in total. The number of likely N-dealkylation sites (tertiary alicyclic amines) is 1. The van der Waals surface area contributed by atoms with E-state index in [0.29, 0.717) is 22.3 Å². The van der Waals surface area contributed by atoms with Gasteiger partial charge in [-0.15, -0.1) is 0 Å². The zero-order chi connectivity index (χ0) is 30.2. The van der Waals surface area contributed by atoms with Crippen LogP contribution in [0.4, 0.5) is 0 Å². The molecule has 0 bridgehead atoms. The quantitative estimate of drug-likeness (QED) is 0.181. The molecular formula is C35H41IN2O5. The number of hydrogen-bond donors (Lipinski definition) is 1. The van der Waals surface area contributed by atoms with Crippen LogP contribution in [0.1, 0.15) is 76.5 Å². The number of carbonyl (C=O) groups is 2. The van der Waals surface area contributed by atoms with Crippen LogP contribution in [0.25, 0.3) is 11.6 Å². The number of aromatic hydroxyl groups is 1. The minimum Gasteiger partial charge on any atom is -0.504 e. The molecule has 2 saturated heterocycles. The van der Waals surface area contributed by atoms with Gasteiger partial charge in [0, 0.05) is 18.2 Å². The summed E-state index contributed by atoms with van der Waals surface area (Å²) in [5, 5.41) is 10.4. The fraction of sp³-hybridized carbons (Fsp3) is 0.514. The first-order chi connectivity index (χ1) is 20.8. The molecule has 0 spiro atoms. The molecule has 4 aliphatic rings. The summed E-state index contributed by atoms with van der Waals surface area (Å²) in [6.07, 6.45) is 11.2. The average molecular weight is 697 g/mol. The van der Waals surface area contributed by atoms with Gasteiger partial charge >= 0.3 is 0 Å². The van der Waals surface area contributed by atoms with Crippen molar-refractivity contribution in [2.45, 2.75) is 77.4 Å². The molecule has 4 atom stereocenters. The van der Waals surface area contributed by atoms with E-state index >= 15 is 0 Å². The fourth-order valence-corrected chi connectivity index (χ4v) is 8.46. The summed E-state index contributed by atoms with van der Waals surface area (Å²) in [5.41, 5.74) is 5.45. The van der Waals surface area contributed by atoms with Crippen LogP contribution < -0.4 is 4.74 Å². The number of benzene rings is 1. The van der Waals surface area contributed by atoms with Gasteiger partial charge < -0.3 is 14.6 Å². The highest BCUT2D eigenvalue weighted by atomic mass is 127. The molecule has 0 unspecified atom stereocenters. The van der Waals surface area contributed by atoms with E-state index < -0.39 is 0 Å². The number of aromatic nitrogens is 1. The Hall–Kier alpha value is -2.72. The van der Waals surface area contributed by atoms with E-state index in [4.69, 9.17) is 9.47 Å². The van der Waals surface area contributed by atoms with Gasteiger partial charge in [0.1, 0.15) is 0 Å². The van der Waals surface area contributed by atoms with Gasteiger partial charge in [-0.25, -0.2) is 0 Å². The van der Waals surface area contributed by atoms with Crippen LogP contribution in [-0.4, -0.2) is 52.7 Å². The Kier molecular flexibility index (Phi) is 8.96. The van der Waals surface area contributed by atoms with Crippen molar-refractivity contribution in [1.82, 2.24) is 9.88 Å². The minimum atomic E-state index is -0.297. The second-order valence-electron chi connectivity index (χ2n) is 12.7. The molecule has 6 rings (SSSR count). The topological polar surface area (TPSA) is 89.0 Å². The molecule has 2 amide bonds. The lowest BCUT2D eigenvalue weighted by atomic mass is 9.67. The summed E-state index contributed by atoms with van der Waals surface area (Å²) in [7, 11) is 1.55. The highest BCUT2D eigenvalue weighted by Gasteiger charge is 2.58. The Morgan fingerprint density at radius 1 is 1.16 bits per heavy atom. The summed E-state index contributed by atoms with van der Waals surface area (Å²) < 4.78 is 12.6. The Labute approximate surface area is 267 Å². The lowest BCUT2D eigenvalue weighted by molar-refractivity contribution is -0.143. The lowest BCUT2D eigenvalue weighted by Gasteiger charge is -2.33. The van der Waals surface area contributed by atoms with Gasteiger partial charge in [-0.2, -0.15) is 0 Å². The molecule has 3 heterocycles. The van der Waals surface area contributed by atoms with E-state index in [1.54, 1.807) is 18.2 Å². The van der Waals surface area contributed by atoms with Crippen molar-refractivity contribution >= 4 is 46.1 Å². The number of ether oxygens (including phenoxy) is 2. The Morgan fingerprint density at radius 3 is 2.65 bits per heavy atom. The van der Waals surface area contributed by atoms with Gasteiger partial charge in [0.2, 0.25) is 11.8 Å². The zero-order valence-electron chi connectivity index (χ0n) is 25.2. The normalized spacial score (nSPS) is 26.3. The summed E-state index contributed by atoms with van der Waals surface area (Å²) >= 11 is 2.12. The van der Waals surface area contributed by atoms with E-state index in [-0.39, 0.29) is 53.4 Å². The van der Waals surface area contributed by atoms with Crippen molar-refractivity contribution in [3.8, 4) is 11.5 Å². The maximum Gasteiger partial charge on any atom is 0.234 e. The van der Waals surface area contributed by atoms with Gasteiger partial charge in [-0.05, 0) is 108 Å². The second-order valence-corrected chi connectivity index (χ2v) is 13.9. The smallest absolute Gasteiger partial charge is 0.234 e. The maximum atomic E-state index is 13.9. The minimum absolute atomic E-state index is 0.0311. The number of fused-ring (bicyclic) bond motifs is 3. The third-order valence-electron chi connectivity index (χ3n) is 9.90. The molecule has 1 aromatic carbocycles. The van der Waals surface area contributed by atoms with Crippen LogP contribution in [0, 0.1) is 27.2 Å². The number of nitrogens with zero attached hydrogens (tertiary/aromatic N) is 2. The molecule has 43 heavy (non-hydrogen) atoms. The van der Waals surface area contributed by atoms with Crippen LogP contribution in [0.2, 0.25) is 0 Å². The summed E-state index contributed by atoms with van der Waals surface area (Å²) in [5.74, 6) is 0.372. The van der Waals surface area contributed by atoms with Gasteiger partial charge in [-0.1, -0.05) is 44.7 Å². The van der Waals surface area contributed by atoms with Gasteiger partial charge in [0.25, 0.3) is 0 Å². The Balaban J connectivity index is 1.28. The highest BCUT2D eigenvalue weighted by molar-refractivity contribution is 14.1. The molecule has 3 fully saturated rings. The average Bonchev–Trinajstić information content (AvgIpc) is 3.55. The molecule has 2 aliphatic carbocycles. The van der Waals surface area contributed by atoms with Crippen molar-refractivity contribution in [1.29, 1.82) is 0 Å². The van der Waals surface area contributed by atoms with Crippen LogP contribution in [-0.2, 0) is 14.3 Å². The van der Waals surface area contributed by atoms with E-state index in [2.05, 4.69) is 47.5 Å². The number of halogens is 1. The molecule has 2 aliphatic heterocycles. The third-order valence-corrected chi connectivity index (χ3v) is 10.7. The van der Waals surface area contributed by atoms with Crippen molar-refractivity contribution in [3.63, 3.8) is 0 Å². The molecule has 0 radical (unpaired) electrons. The van der Waals surface area contributed by atoms with Crippen LogP contribution in [0.15, 0.2) is 47.7 Å². The standard InChI is InChI=1S/C35H41IN2O5/c1-20(2)24-18-25-32(35(41)38(34(25)40)23-9-5-4-6-10-23)26-19-43-29(31(24)26)13-12-22(28-11-7-8-14-37-28)15-21-16-27(36)33(39)30(17-21)42-3/h7-8,11,14-17,20,23,25-26,29,32,39H,4-6,9-10,12-13,18-19H2,1-3H3/b22-15-/t25-,26+,29-,32-/m1/s1. The van der Waals surface area contributed by atoms with E-state index in [9.17, 15) is 14.7 Å². The molecular weight excluding hydrogens is 655 g/mol. The van der Waals surface area contributed by atoms with Crippen LogP contribution >= 0.6 is 22.6 Å². The van der Waals surface area contributed by atoms with Crippen LogP contribution in [0.3, 0.4) is 0 Å². The van der Waals surface area contributed by atoms with E-state index in [1.165, 1.54) is 17.6 Å². The molecule has 1 aromatic heterocycles. The molecule has 2 aromatic rings. The highest BCUT2D eigenvalue weighted by Crippen LogP contribution is 2.52. The van der Waals surface area contributed by atoms with E-state index in [1.807, 2.05) is 30.3 Å². The van der Waals surface area contributed by atoms with Gasteiger partial charge in [-0.3, -0.25) is 19.5 Å². The van der Waals surface area contributed by atoms with Gasteiger partial charge in [0.15, 0.2) is 11.5 Å². The monoisotopic (exact) mass is 696 g/mol. The number of methoxy groups -OCH3 is 1. The van der Waals surface area contributed by atoms with Crippen molar-refractivity contribution in [2.24, 2.45) is 23.7 Å². The van der Waals surface area contributed by atoms with Crippen LogP contribution in [0.5, 0.6) is 11.5 Å². The number of phenolic OH excluding ortho intramolecular Hbond substituents is 1. The number of imide groups is 1. The molecule has 8 heteroatoms. The number of hydrogen-bond acceptors (Lipinski definition) is 6. The molecule has 228 valence electrons. The fourth-order valence-electron chi connectivity index (χ4n) is 7.83. The predicted octanol–water partition coefficient (Wildman–Crippen LogP) is 7.03. The van der Waals surface area contributed by atoms with Gasteiger partial charge in [0.05, 0.1) is 40.9 Å². The number of rotatable bonds is 8. The first-order valence-corrected chi connectivity index (χ1v) is 16.8. The first-order valence-electron chi connectivity index (χ1n) is 15.7. The summed E-state index contributed by atoms with van der Waals surface area (Å²) in [6.45, 7) is 4.90.